The van der Waals surface area contributed by atoms with E-state index >= 15 is 0 Å². The van der Waals surface area contributed by atoms with Gasteiger partial charge in [-0.1, -0.05) is 44.2 Å². The molecule has 0 bridgehead atoms. The summed E-state index contributed by atoms with van der Waals surface area (Å²) in [6, 6.07) is 14.7. The van der Waals surface area contributed by atoms with Crippen molar-refractivity contribution in [1.82, 2.24) is 0 Å². The van der Waals surface area contributed by atoms with E-state index in [-0.39, 0.29) is 18.4 Å². The second kappa shape index (κ2) is 10.5. The Morgan fingerprint density at radius 3 is 2.31 bits per heavy atom. The van der Waals surface area contributed by atoms with Crippen LogP contribution in [-0.4, -0.2) is 19.1 Å². The van der Waals surface area contributed by atoms with Crippen LogP contribution >= 0.6 is 0 Å². The first kappa shape index (κ1) is 19.8. The van der Waals surface area contributed by atoms with Crippen molar-refractivity contribution in [2.45, 2.75) is 39.2 Å². The Labute approximate surface area is 155 Å². The fourth-order valence-corrected chi connectivity index (χ4v) is 2.47. The molecule has 0 saturated heterocycles. The van der Waals surface area contributed by atoms with E-state index in [1.807, 2.05) is 49.4 Å². The smallest absolute Gasteiger partial charge is 0.226 e. The normalized spacial score (nSPS) is 11.7. The van der Waals surface area contributed by atoms with E-state index in [1.54, 1.807) is 6.07 Å². The molecule has 5 heteroatoms. The summed E-state index contributed by atoms with van der Waals surface area (Å²) >= 11 is 0. The van der Waals surface area contributed by atoms with Gasteiger partial charge in [-0.2, -0.15) is 0 Å². The van der Waals surface area contributed by atoms with Crippen LogP contribution in [0.15, 0.2) is 48.5 Å². The number of benzene rings is 2. The van der Waals surface area contributed by atoms with Crippen LogP contribution in [0.25, 0.3) is 0 Å². The molecule has 140 valence electrons. The molecular formula is C21H28N2O3. The number of nitrogens with two attached hydrogens (primary N) is 1. The van der Waals surface area contributed by atoms with Crippen molar-refractivity contribution in [2.75, 3.05) is 18.5 Å². The summed E-state index contributed by atoms with van der Waals surface area (Å²) in [5.41, 5.74) is 7.73. The van der Waals surface area contributed by atoms with Crippen molar-refractivity contribution in [3.63, 3.8) is 0 Å². The van der Waals surface area contributed by atoms with E-state index in [2.05, 4.69) is 12.2 Å². The third-order valence-corrected chi connectivity index (χ3v) is 3.78. The fourth-order valence-electron chi connectivity index (χ4n) is 2.47. The highest BCUT2D eigenvalue weighted by Crippen LogP contribution is 2.31. The molecule has 0 aliphatic heterocycles. The summed E-state index contributed by atoms with van der Waals surface area (Å²) < 4.78 is 11.5. The zero-order valence-electron chi connectivity index (χ0n) is 15.5. The van der Waals surface area contributed by atoms with Crippen molar-refractivity contribution in [2.24, 2.45) is 5.73 Å². The molecule has 0 fully saturated rings. The standard InChI is InChI=1S/C21H28N2O3/c1-3-12-25-19-11-10-17(14-20(19)26-13-4-2)23-21(24)15-18(22)16-8-6-5-7-9-16/h5-11,14,18H,3-4,12-13,15,22H2,1-2H3,(H,23,24). The van der Waals surface area contributed by atoms with Gasteiger partial charge in [-0.05, 0) is 30.5 Å². The summed E-state index contributed by atoms with van der Waals surface area (Å²) in [6.45, 7) is 5.32. The molecule has 26 heavy (non-hydrogen) atoms. The molecule has 0 saturated carbocycles. The van der Waals surface area contributed by atoms with E-state index in [9.17, 15) is 4.79 Å². The van der Waals surface area contributed by atoms with Crippen LogP contribution in [-0.2, 0) is 4.79 Å². The minimum atomic E-state index is -0.334. The van der Waals surface area contributed by atoms with Gasteiger partial charge in [0.2, 0.25) is 5.91 Å². The van der Waals surface area contributed by atoms with Gasteiger partial charge in [0.05, 0.1) is 13.2 Å². The van der Waals surface area contributed by atoms with Crippen LogP contribution in [0.3, 0.4) is 0 Å². The molecule has 0 aliphatic rings. The molecule has 3 N–H and O–H groups in total. The Morgan fingerprint density at radius 2 is 1.65 bits per heavy atom. The number of hydrogen-bond acceptors (Lipinski definition) is 4. The topological polar surface area (TPSA) is 73.6 Å². The van der Waals surface area contributed by atoms with Crippen molar-refractivity contribution in [3.05, 3.63) is 54.1 Å². The SMILES string of the molecule is CCCOc1ccc(NC(=O)CC(N)c2ccccc2)cc1OCCC. The predicted octanol–water partition coefficient (Wildman–Crippen LogP) is 4.29. The van der Waals surface area contributed by atoms with Crippen molar-refractivity contribution in [3.8, 4) is 11.5 Å². The molecule has 1 atom stereocenters. The average Bonchev–Trinajstić information content (AvgIpc) is 2.66. The molecule has 0 heterocycles. The maximum atomic E-state index is 12.3. The number of carbonyl (C=O) groups is 1. The first-order valence-corrected chi connectivity index (χ1v) is 9.14. The summed E-state index contributed by atoms with van der Waals surface area (Å²) in [6.07, 6.45) is 2.03. The van der Waals surface area contributed by atoms with Gasteiger partial charge in [-0.3, -0.25) is 4.79 Å². The number of hydrogen-bond donors (Lipinski definition) is 2. The third kappa shape index (κ3) is 6.08. The van der Waals surface area contributed by atoms with Crippen LogP contribution in [0.4, 0.5) is 5.69 Å². The van der Waals surface area contributed by atoms with Gasteiger partial charge in [-0.15, -0.1) is 0 Å². The number of amides is 1. The first-order valence-electron chi connectivity index (χ1n) is 9.14. The van der Waals surface area contributed by atoms with Crippen LogP contribution in [0, 0.1) is 0 Å². The van der Waals surface area contributed by atoms with E-state index in [4.69, 9.17) is 15.2 Å². The minimum absolute atomic E-state index is 0.134. The minimum Gasteiger partial charge on any atom is -0.490 e. The van der Waals surface area contributed by atoms with Crippen LogP contribution in [0.5, 0.6) is 11.5 Å². The highest BCUT2D eigenvalue weighted by atomic mass is 16.5. The third-order valence-electron chi connectivity index (χ3n) is 3.78. The number of ether oxygens (including phenoxy) is 2. The summed E-state index contributed by atoms with van der Waals surface area (Å²) in [5.74, 6) is 1.20. The predicted molar refractivity (Wildman–Crippen MR) is 105 cm³/mol. The van der Waals surface area contributed by atoms with E-state index in [0.29, 0.717) is 30.4 Å². The molecule has 0 aliphatic carbocycles. The largest absolute Gasteiger partial charge is 0.490 e. The molecule has 2 aromatic carbocycles. The molecule has 1 amide bonds. The van der Waals surface area contributed by atoms with Gasteiger partial charge in [0.15, 0.2) is 11.5 Å². The van der Waals surface area contributed by atoms with Gasteiger partial charge in [0.25, 0.3) is 0 Å². The van der Waals surface area contributed by atoms with Crippen LogP contribution < -0.4 is 20.5 Å². The average molecular weight is 356 g/mol. The molecule has 0 spiro atoms. The number of rotatable bonds is 10. The molecule has 5 nitrogen and oxygen atoms in total. The monoisotopic (exact) mass is 356 g/mol. The summed E-state index contributed by atoms with van der Waals surface area (Å²) in [7, 11) is 0. The Kier molecular flexibility index (Phi) is 7.96. The Balaban J connectivity index is 2.01. The highest BCUT2D eigenvalue weighted by molar-refractivity contribution is 5.91. The first-order chi connectivity index (χ1) is 12.6. The van der Waals surface area contributed by atoms with E-state index in [1.165, 1.54) is 0 Å². The lowest BCUT2D eigenvalue weighted by Gasteiger charge is -2.15. The lowest BCUT2D eigenvalue weighted by molar-refractivity contribution is -0.116. The number of carbonyl (C=O) groups excluding carboxylic acids is 1. The van der Waals surface area contributed by atoms with E-state index in [0.717, 1.165) is 18.4 Å². The molecule has 0 radical (unpaired) electrons. The van der Waals surface area contributed by atoms with Gasteiger partial charge < -0.3 is 20.5 Å². The second-order valence-corrected chi connectivity index (χ2v) is 6.13. The van der Waals surface area contributed by atoms with Gasteiger partial charge in [0.1, 0.15) is 0 Å². The second-order valence-electron chi connectivity index (χ2n) is 6.13. The van der Waals surface area contributed by atoms with Crippen LogP contribution in [0.1, 0.15) is 44.7 Å². The Bertz CT molecular complexity index is 689. The maximum Gasteiger partial charge on any atom is 0.226 e. The molecule has 0 aromatic heterocycles. The van der Waals surface area contributed by atoms with Crippen molar-refractivity contribution < 1.29 is 14.3 Å². The Morgan fingerprint density at radius 1 is 1.00 bits per heavy atom. The molecule has 2 rings (SSSR count). The number of nitrogens with one attached hydrogen (secondary N) is 1. The zero-order chi connectivity index (χ0) is 18.8. The number of anilines is 1. The fraction of sp³-hybridized carbons (Fsp3) is 0.381. The quantitative estimate of drug-likeness (QED) is 0.666. The maximum absolute atomic E-state index is 12.3. The molecular weight excluding hydrogens is 328 g/mol. The van der Waals surface area contributed by atoms with Gasteiger partial charge in [-0.25, -0.2) is 0 Å². The van der Waals surface area contributed by atoms with Crippen molar-refractivity contribution >= 4 is 11.6 Å². The zero-order valence-corrected chi connectivity index (χ0v) is 15.5. The highest BCUT2D eigenvalue weighted by Gasteiger charge is 2.13. The van der Waals surface area contributed by atoms with Gasteiger partial charge in [0, 0.05) is 24.2 Å². The molecule has 1 unspecified atom stereocenters. The van der Waals surface area contributed by atoms with Crippen molar-refractivity contribution in [1.29, 1.82) is 0 Å². The summed E-state index contributed by atoms with van der Waals surface area (Å²) in [5, 5.41) is 2.89. The Hall–Kier alpha value is -2.53. The van der Waals surface area contributed by atoms with E-state index < -0.39 is 0 Å². The van der Waals surface area contributed by atoms with Gasteiger partial charge >= 0.3 is 0 Å². The lowest BCUT2D eigenvalue weighted by Crippen LogP contribution is -2.20. The lowest BCUT2D eigenvalue weighted by atomic mass is 10.0. The molecule has 2 aromatic rings. The van der Waals surface area contributed by atoms with Crippen LogP contribution in [0.2, 0.25) is 0 Å². The summed E-state index contributed by atoms with van der Waals surface area (Å²) in [4.78, 5) is 12.3.